The molecule has 2 fully saturated rings. The number of methoxy groups -OCH3 is 1. The van der Waals surface area contributed by atoms with Crippen LogP contribution in [0.4, 0.5) is 0 Å². The molecule has 2 saturated heterocycles. The number of phenolic OH excluding ortho intramolecular Hbond substituents is 1. The number of carbonyl (C=O) groups excluding carboxylic acids is 2. The maximum Gasteiger partial charge on any atom is 0.325 e. The van der Waals surface area contributed by atoms with E-state index in [1.165, 1.54) is 18.1 Å². The van der Waals surface area contributed by atoms with Crippen LogP contribution in [0, 0.1) is 17.8 Å². The van der Waals surface area contributed by atoms with Crippen molar-refractivity contribution in [1.29, 1.82) is 0 Å². The molecule has 0 aliphatic carbocycles. The molecule has 2 aliphatic heterocycles. The Hall–Kier alpha value is -2.61. The fourth-order valence-corrected chi connectivity index (χ4v) is 4.76. The summed E-state index contributed by atoms with van der Waals surface area (Å²) in [5.41, 5.74) is -1.84. The van der Waals surface area contributed by atoms with Gasteiger partial charge in [0.05, 0.1) is 18.9 Å². The third-order valence-electron chi connectivity index (χ3n) is 6.09. The largest absolute Gasteiger partial charge is 0.504 e. The van der Waals surface area contributed by atoms with Gasteiger partial charge in [0.25, 0.3) is 0 Å². The van der Waals surface area contributed by atoms with Crippen LogP contribution in [0.2, 0.25) is 0 Å². The van der Waals surface area contributed by atoms with Crippen molar-refractivity contribution in [3.8, 4) is 11.5 Å². The highest BCUT2D eigenvalue weighted by Gasteiger charge is 2.70. The monoisotopic (exact) mass is 404 g/mol. The van der Waals surface area contributed by atoms with E-state index in [1.54, 1.807) is 46.8 Å². The number of ether oxygens (including phenoxy) is 1. The Bertz CT molecular complexity index is 874. The zero-order valence-electron chi connectivity index (χ0n) is 17.5. The molecule has 0 spiro atoms. The van der Waals surface area contributed by atoms with Crippen LogP contribution in [0.1, 0.15) is 46.2 Å². The maximum absolute atomic E-state index is 13.4. The van der Waals surface area contributed by atoms with Gasteiger partial charge in [-0.25, -0.2) is 0 Å². The summed E-state index contributed by atoms with van der Waals surface area (Å²) in [5.74, 6) is -4.28. The van der Waals surface area contributed by atoms with E-state index in [0.717, 1.165) is 0 Å². The molecule has 8 heteroatoms. The van der Waals surface area contributed by atoms with Crippen LogP contribution in [0.3, 0.4) is 0 Å². The van der Waals surface area contributed by atoms with Crippen molar-refractivity contribution < 1.29 is 29.3 Å². The zero-order chi connectivity index (χ0) is 21.9. The lowest BCUT2D eigenvalue weighted by molar-refractivity contribution is -0.155. The lowest BCUT2D eigenvalue weighted by Crippen LogP contribution is -2.60. The summed E-state index contributed by atoms with van der Waals surface area (Å²) in [5, 5.41) is 23.5. The number of imide groups is 1. The Morgan fingerprint density at radius 3 is 2.31 bits per heavy atom. The first-order valence-electron chi connectivity index (χ1n) is 9.63. The Morgan fingerprint density at radius 2 is 1.86 bits per heavy atom. The van der Waals surface area contributed by atoms with E-state index in [4.69, 9.17) is 4.74 Å². The summed E-state index contributed by atoms with van der Waals surface area (Å²) >= 11 is 0. The van der Waals surface area contributed by atoms with Crippen LogP contribution in [-0.4, -0.2) is 51.1 Å². The number of carboxylic acids is 1. The van der Waals surface area contributed by atoms with Crippen molar-refractivity contribution in [2.45, 2.75) is 51.7 Å². The molecule has 3 rings (SSSR count). The molecular formula is C21H28N2O6. The van der Waals surface area contributed by atoms with Gasteiger partial charge in [0.1, 0.15) is 5.54 Å². The number of likely N-dealkylation sites (tertiary alicyclic amines) is 1. The van der Waals surface area contributed by atoms with Gasteiger partial charge >= 0.3 is 5.97 Å². The van der Waals surface area contributed by atoms with E-state index in [2.05, 4.69) is 5.32 Å². The van der Waals surface area contributed by atoms with Gasteiger partial charge in [0.15, 0.2) is 11.5 Å². The van der Waals surface area contributed by atoms with E-state index in [-0.39, 0.29) is 11.5 Å². The summed E-state index contributed by atoms with van der Waals surface area (Å²) in [6.07, 6.45) is 0. The number of rotatable bonds is 4. The highest BCUT2D eigenvalue weighted by molar-refractivity contribution is 6.10. The minimum Gasteiger partial charge on any atom is -0.504 e. The molecule has 2 amide bonds. The molecule has 0 aromatic heterocycles. The van der Waals surface area contributed by atoms with Crippen LogP contribution in [0.25, 0.3) is 0 Å². The fraction of sp³-hybridized carbons (Fsp3) is 0.571. The van der Waals surface area contributed by atoms with Crippen molar-refractivity contribution in [3.63, 3.8) is 0 Å². The number of aromatic hydroxyl groups is 1. The van der Waals surface area contributed by atoms with E-state index >= 15 is 0 Å². The first-order chi connectivity index (χ1) is 13.4. The topological polar surface area (TPSA) is 116 Å². The average Bonchev–Trinajstić information content (AvgIpc) is 3.09. The summed E-state index contributed by atoms with van der Waals surface area (Å²) in [6, 6.07) is 3.94. The minimum absolute atomic E-state index is 0.120. The number of hydrogen-bond donors (Lipinski definition) is 3. The molecule has 2 aliphatic rings. The number of phenols is 1. The molecule has 0 saturated carbocycles. The van der Waals surface area contributed by atoms with Gasteiger partial charge in [-0.1, -0.05) is 19.9 Å². The van der Waals surface area contributed by atoms with Crippen LogP contribution < -0.4 is 10.1 Å². The Morgan fingerprint density at radius 1 is 1.24 bits per heavy atom. The van der Waals surface area contributed by atoms with Gasteiger partial charge in [0, 0.05) is 11.6 Å². The van der Waals surface area contributed by atoms with Gasteiger partial charge < -0.3 is 14.9 Å². The number of carbonyl (C=O) groups is 3. The fourth-order valence-electron chi connectivity index (χ4n) is 4.76. The predicted molar refractivity (Wildman–Crippen MR) is 104 cm³/mol. The van der Waals surface area contributed by atoms with Crippen molar-refractivity contribution in [2.75, 3.05) is 7.11 Å². The Balaban J connectivity index is 2.20. The molecular weight excluding hydrogens is 376 g/mol. The number of nitrogens with zero attached hydrogens (tertiary/aromatic N) is 1. The minimum atomic E-state index is -1.60. The number of hydrogen-bond acceptors (Lipinski definition) is 6. The molecule has 1 aromatic carbocycles. The van der Waals surface area contributed by atoms with Crippen molar-refractivity contribution in [1.82, 2.24) is 10.2 Å². The second-order valence-corrected chi connectivity index (χ2v) is 9.07. The first-order valence-corrected chi connectivity index (χ1v) is 9.63. The number of benzene rings is 1. The van der Waals surface area contributed by atoms with E-state index in [0.29, 0.717) is 5.56 Å². The lowest BCUT2D eigenvalue weighted by atomic mass is 9.73. The second kappa shape index (κ2) is 6.73. The van der Waals surface area contributed by atoms with E-state index in [9.17, 15) is 24.6 Å². The molecule has 1 aromatic rings. The van der Waals surface area contributed by atoms with Crippen LogP contribution >= 0.6 is 0 Å². The van der Waals surface area contributed by atoms with Gasteiger partial charge in [-0.05, 0) is 44.4 Å². The molecule has 3 N–H and O–H groups in total. The van der Waals surface area contributed by atoms with Crippen molar-refractivity contribution in [2.24, 2.45) is 17.8 Å². The maximum atomic E-state index is 13.4. The summed E-state index contributed by atoms with van der Waals surface area (Å²) < 4.78 is 5.07. The Kier molecular flexibility index (Phi) is 4.89. The number of fused-ring (bicyclic) bond motifs is 1. The Labute approximate surface area is 169 Å². The zero-order valence-corrected chi connectivity index (χ0v) is 17.5. The number of nitrogens with one attached hydrogen (secondary N) is 1. The predicted octanol–water partition coefficient (Wildman–Crippen LogP) is 1.92. The molecule has 0 bridgehead atoms. The molecule has 4 atom stereocenters. The molecule has 158 valence electrons. The highest BCUT2D eigenvalue weighted by Crippen LogP contribution is 2.53. The standard InChI is InChI=1S/C21H28N2O6/c1-10(2)21(19(27)28)15-14(17(25)23(18(15)26)20(3,4)5)16(22-21)11-7-8-13(29-6)12(24)9-11/h7-10,14-16,22,24H,1-6H3,(H,27,28). The summed E-state index contributed by atoms with van der Waals surface area (Å²) in [7, 11) is 1.42. The van der Waals surface area contributed by atoms with E-state index in [1.807, 2.05) is 0 Å². The van der Waals surface area contributed by atoms with Gasteiger partial charge in [0.2, 0.25) is 11.8 Å². The normalized spacial score (nSPS) is 29.5. The number of amides is 2. The van der Waals surface area contributed by atoms with E-state index < -0.39 is 52.7 Å². The lowest BCUT2D eigenvalue weighted by Gasteiger charge is -2.37. The van der Waals surface area contributed by atoms with Crippen molar-refractivity contribution >= 4 is 17.8 Å². The quantitative estimate of drug-likeness (QED) is 0.657. The van der Waals surface area contributed by atoms with Crippen LogP contribution in [0.15, 0.2) is 18.2 Å². The van der Waals surface area contributed by atoms with Crippen molar-refractivity contribution in [3.05, 3.63) is 23.8 Å². The second-order valence-electron chi connectivity index (χ2n) is 9.07. The molecule has 29 heavy (non-hydrogen) atoms. The third kappa shape index (κ3) is 2.88. The highest BCUT2D eigenvalue weighted by atomic mass is 16.5. The van der Waals surface area contributed by atoms with Crippen LogP contribution in [0.5, 0.6) is 11.5 Å². The first kappa shape index (κ1) is 21.1. The summed E-state index contributed by atoms with van der Waals surface area (Å²) in [6.45, 7) is 8.71. The molecule has 4 unspecified atom stereocenters. The number of aliphatic carboxylic acids is 1. The van der Waals surface area contributed by atoms with Gasteiger partial charge in [-0.2, -0.15) is 0 Å². The smallest absolute Gasteiger partial charge is 0.325 e. The van der Waals surface area contributed by atoms with Crippen LogP contribution in [-0.2, 0) is 14.4 Å². The average molecular weight is 404 g/mol. The number of carboxylic acid groups (broad SMARTS) is 1. The third-order valence-corrected chi connectivity index (χ3v) is 6.09. The molecule has 2 heterocycles. The SMILES string of the molecule is COc1ccc(C2NC(C(=O)O)(C(C)C)C3C(=O)N(C(C)(C)C)C(=O)C23)cc1O. The summed E-state index contributed by atoms with van der Waals surface area (Å²) in [4.78, 5) is 40.3. The molecule has 8 nitrogen and oxygen atoms in total. The molecule has 0 radical (unpaired) electrons. The van der Waals surface area contributed by atoms with Gasteiger partial charge in [-0.3, -0.25) is 24.6 Å². The van der Waals surface area contributed by atoms with Gasteiger partial charge in [-0.15, -0.1) is 0 Å².